The number of nitrogens with zero attached hydrogens (tertiary/aromatic N) is 3. The van der Waals surface area contributed by atoms with Gasteiger partial charge in [-0.2, -0.15) is 0 Å². The number of ether oxygens (including phenoxy) is 1. The molecule has 1 N–H and O–H groups in total. The minimum Gasteiger partial charge on any atom is -0.481 e. The Bertz CT molecular complexity index is 564. The van der Waals surface area contributed by atoms with Crippen LogP contribution in [0.5, 0.6) is 5.88 Å². The molecule has 2 aromatic rings. The Kier molecular flexibility index (Phi) is 4.95. The maximum atomic E-state index is 13.4. The average Bonchev–Trinajstić information content (AvgIpc) is 2.48. The van der Waals surface area contributed by atoms with Crippen LogP contribution in [0, 0.1) is 5.82 Å². The first-order valence-electron chi connectivity index (χ1n) is 6.44. The molecule has 0 saturated carbocycles. The zero-order valence-corrected chi connectivity index (χ0v) is 11.5. The number of rotatable bonds is 6. The van der Waals surface area contributed by atoms with Crippen LogP contribution in [0.4, 0.5) is 4.39 Å². The van der Waals surface area contributed by atoms with Gasteiger partial charge >= 0.3 is 0 Å². The lowest BCUT2D eigenvalue weighted by molar-refractivity contribution is 0.394. The molecule has 106 valence electrons. The van der Waals surface area contributed by atoms with E-state index < -0.39 is 0 Å². The Morgan fingerprint density at radius 1 is 1.30 bits per heavy atom. The largest absolute Gasteiger partial charge is 0.481 e. The van der Waals surface area contributed by atoms with E-state index in [1.165, 1.54) is 18.6 Å². The van der Waals surface area contributed by atoms with E-state index in [0.29, 0.717) is 5.88 Å². The third-order valence-electron chi connectivity index (χ3n) is 2.83. The highest BCUT2D eigenvalue weighted by atomic mass is 19.1. The van der Waals surface area contributed by atoms with Gasteiger partial charge in [-0.15, -0.1) is 0 Å². The molecule has 20 heavy (non-hydrogen) atoms. The van der Waals surface area contributed by atoms with Crippen molar-refractivity contribution in [2.45, 2.75) is 19.4 Å². The topological polar surface area (TPSA) is 59.9 Å². The number of aromatic nitrogens is 3. The van der Waals surface area contributed by atoms with E-state index in [0.717, 1.165) is 24.2 Å². The molecule has 0 aliphatic carbocycles. The van der Waals surface area contributed by atoms with E-state index in [4.69, 9.17) is 4.74 Å². The smallest absolute Gasteiger partial charge is 0.216 e. The van der Waals surface area contributed by atoms with Crippen LogP contribution in [0.25, 0.3) is 0 Å². The molecule has 0 bridgehead atoms. The summed E-state index contributed by atoms with van der Waals surface area (Å²) in [5.74, 6) is 0.106. The molecule has 6 heteroatoms. The van der Waals surface area contributed by atoms with Crippen LogP contribution in [0.2, 0.25) is 0 Å². The Morgan fingerprint density at radius 3 is 2.85 bits per heavy atom. The van der Waals surface area contributed by atoms with Crippen molar-refractivity contribution in [3.05, 3.63) is 47.9 Å². The van der Waals surface area contributed by atoms with Gasteiger partial charge in [0.1, 0.15) is 12.1 Å². The molecule has 1 unspecified atom stereocenters. The molecule has 2 heterocycles. The molecule has 0 aliphatic rings. The summed E-state index contributed by atoms with van der Waals surface area (Å²) in [6, 6.07) is 2.95. The SMILES string of the molecule is CCCNC(c1cncc(F)c1)c1cc(OC)ncn1. The summed E-state index contributed by atoms with van der Waals surface area (Å²) in [5.41, 5.74) is 1.44. The normalized spacial score (nSPS) is 12.2. The number of hydrogen-bond donors (Lipinski definition) is 1. The van der Waals surface area contributed by atoms with Gasteiger partial charge in [-0.05, 0) is 24.6 Å². The van der Waals surface area contributed by atoms with Crippen molar-refractivity contribution < 1.29 is 9.13 Å². The van der Waals surface area contributed by atoms with Gasteiger partial charge in [-0.3, -0.25) is 4.98 Å². The third kappa shape index (κ3) is 3.48. The van der Waals surface area contributed by atoms with E-state index in [2.05, 4.69) is 27.2 Å². The molecule has 0 saturated heterocycles. The van der Waals surface area contributed by atoms with Gasteiger partial charge in [0.05, 0.1) is 25.0 Å². The van der Waals surface area contributed by atoms with Gasteiger partial charge in [0.25, 0.3) is 0 Å². The zero-order valence-electron chi connectivity index (χ0n) is 11.5. The van der Waals surface area contributed by atoms with Crippen molar-refractivity contribution in [3.8, 4) is 5.88 Å². The molecule has 2 rings (SSSR count). The summed E-state index contributed by atoms with van der Waals surface area (Å²) in [6.45, 7) is 2.85. The number of nitrogens with one attached hydrogen (secondary N) is 1. The van der Waals surface area contributed by atoms with Crippen LogP contribution >= 0.6 is 0 Å². The Morgan fingerprint density at radius 2 is 2.15 bits per heavy atom. The third-order valence-corrected chi connectivity index (χ3v) is 2.83. The Hall–Kier alpha value is -2.08. The fourth-order valence-corrected chi connectivity index (χ4v) is 1.89. The van der Waals surface area contributed by atoms with Crippen LogP contribution in [-0.4, -0.2) is 28.6 Å². The van der Waals surface area contributed by atoms with E-state index >= 15 is 0 Å². The van der Waals surface area contributed by atoms with Crippen LogP contribution < -0.4 is 10.1 Å². The van der Waals surface area contributed by atoms with Crippen LogP contribution in [0.1, 0.15) is 30.6 Å². The number of hydrogen-bond acceptors (Lipinski definition) is 5. The highest BCUT2D eigenvalue weighted by Gasteiger charge is 2.16. The van der Waals surface area contributed by atoms with Crippen LogP contribution in [0.3, 0.4) is 0 Å². The highest BCUT2D eigenvalue weighted by Crippen LogP contribution is 2.22. The minimum absolute atomic E-state index is 0.241. The monoisotopic (exact) mass is 276 g/mol. The van der Waals surface area contributed by atoms with Crippen LogP contribution in [-0.2, 0) is 0 Å². The van der Waals surface area contributed by atoms with Gasteiger partial charge in [0.2, 0.25) is 5.88 Å². The predicted molar refractivity (Wildman–Crippen MR) is 72.9 cm³/mol. The highest BCUT2D eigenvalue weighted by molar-refractivity contribution is 5.27. The summed E-state index contributed by atoms with van der Waals surface area (Å²) >= 11 is 0. The van der Waals surface area contributed by atoms with Crippen molar-refractivity contribution in [2.75, 3.05) is 13.7 Å². The summed E-state index contributed by atoms with van der Waals surface area (Å²) in [5, 5.41) is 3.33. The van der Waals surface area contributed by atoms with Crippen molar-refractivity contribution >= 4 is 0 Å². The summed E-state index contributed by atoms with van der Waals surface area (Å²) in [7, 11) is 1.55. The van der Waals surface area contributed by atoms with Gasteiger partial charge in [0.15, 0.2) is 0 Å². The lowest BCUT2D eigenvalue weighted by Gasteiger charge is -2.18. The average molecular weight is 276 g/mol. The lowest BCUT2D eigenvalue weighted by Crippen LogP contribution is -2.24. The van der Waals surface area contributed by atoms with E-state index in [1.807, 2.05) is 0 Å². The molecular formula is C14H17FN4O. The molecule has 0 aliphatic heterocycles. The molecule has 5 nitrogen and oxygen atoms in total. The van der Waals surface area contributed by atoms with Crippen molar-refractivity contribution in [1.29, 1.82) is 0 Å². The maximum absolute atomic E-state index is 13.4. The Balaban J connectivity index is 2.35. The lowest BCUT2D eigenvalue weighted by atomic mass is 10.1. The molecule has 1 atom stereocenters. The summed E-state index contributed by atoms with van der Waals surface area (Å²) < 4.78 is 18.5. The van der Waals surface area contributed by atoms with Gasteiger partial charge < -0.3 is 10.1 Å². The molecular weight excluding hydrogens is 259 g/mol. The molecule has 0 fully saturated rings. The zero-order chi connectivity index (χ0) is 14.4. The number of halogens is 1. The molecule has 0 aromatic carbocycles. The second-order valence-electron chi connectivity index (χ2n) is 4.31. The molecule has 2 aromatic heterocycles. The van der Waals surface area contributed by atoms with E-state index in [9.17, 15) is 4.39 Å². The predicted octanol–water partition coefficient (Wildman–Crippen LogP) is 2.11. The summed E-state index contributed by atoms with van der Waals surface area (Å²) in [4.78, 5) is 12.1. The van der Waals surface area contributed by atoms with E-state index in [1.54, 1.807) is 19.4 Å². The fourth-order valence-electron chi connectivity index (χ4n) is 1.89. The van der Waals surface area contributed by atoms with Crippen molar-refractivity contribution in [2.24, 2.45) is 0 Å². The first-order valence-corrected chi connectivity index (χ1v) is 6.44. The Labute approximate surface area is 117 Å². The maximum Gasteiger partial charge on any atom is 0.216 e. The summed E-state index contributed by atoms with van der Waals surface area (Å²) in [6.07, 6.45) is 5.20. The first-order chi connectivity index (χ1) is 9.74. The molecule has 0 amide bonds. The van der Waals surface area contributed by atoms with Crippen molar-refractivity contribution in [1.82, 2.24) is 20.3 Å². The second-order valence-corrected chi connectivity index (χ2v) is 4.31. The standard InChI is InChI=1S/C14H17FN4O/c1-3-4-17-14(10-5-11(15)8-16-7-10)12-6-13(20-2)19-9-18-12/h5-9,14,17H,3-4H2,1-2H3. The molecule has 0 radical (unpaired) electrons. The second kappa shape index (κ2) is 6.91. The van der Waals surface area contributed by atoms with Gasteiger partial charge in [-0.1, -0.05) is 6.92 Å². The van der Waals surface area contributed by atoms with Gasteiger partial charge in [0, 0.05) is 12.3 Å². The van der Waals surface area contributed by atoms with Crippen molar-refractivity contribution in [3.63, 3.8) is 0 Å². The minimum atomic E-state index is -0.369. The fraction of sp³-hybridized carbons (Fsp3) is 0.357. The number of methoxy groups -OCH3 is 1. The molecule has 0 spiro atoms. The van der Waals surface area contributed by atoms with Crippen LogP contribution in [0.15, 0.2) is 30.9 Å². The van der Waals surface area contributed by atoms with Gasteiger partial charge in [-0.25, -0.2) is 14.4 Å². The first kappa shape index (κ1) is 14.3. The number of pyridine rings is 1. The quantitative estimate of drug-likeness (QED) is 0.875. The van der Waals surface area contributed by atoms with E-state index in [-0.39, 0.29) is 11.9 Å².